The van der Waals surface area contributed by atoms with Gasteiger partial charge in [0, 0.05) is 22.6 Å². The molecule has 0 aliphatic carbocycles. The molecule has 0 saturated carbocycles. The maximum absolute atomic E-state index is 13.1. The van der Waals surface area contributed by atoms with Gasteiger partial charge in [-0.25, -0.2) is 9.59 Å². The van der Waals surface area contributed by atoms with Crippen molar-refractivity contribution < 1.29 is 19.1 Å². The number of nitrogens with one attached hydrogen (secondary N) is 1. The molecule has 2 heterocycles. The van der Waals surface area contributed by atoms with E-state index in [-0.39, 0.29) is 6.61 Å². The lowest BCUT2D eigenvalue weighted by molar-refractivity contribution is -0.140. The van der Waals surface area contributed by atoms with Crippen molar-refractivity contribution in [2.75, 3.05) is 7.11 Å². The van der Waals surface area contributed by atoms with Crippen LogP contribution in [0.3, 0.4) is 0 Å². The Balaban J connectivity index is 2.02. The van der Waals surface area contributed by atoms with Crippen molar-refractivity contribution in [3.8, 4) is 0 Å². The van der Waals surface area contributed by atoms with Crippen LogP contribution in [0.1, 0.15) is 31.0 Å². The summed E-state index contributed by atoms with van der Waals surface area (Å²) in [5, 5.41) is 3.53. The molecule has 0 amide bonds. The molecule has 1 unspecified atom stereocenters. The van der Waals surface area contributed by atoms with Crippen molar-refractivity contribution in [3.63, 3.8) is 0 Å². The van der Waals surface area contributed by atoms with Crippen molar-refractivity contribution in [1.29, 1.82) is 0 Å². The largest absolute Gasteiger partial charge is 0.466 e. The molecule has 150 valence electrons. The van der Waals surface area contributed by atoms with Gasteiger partial charge in [-0.2, -0.15) is 0 Å². The van der Waals surface area contributed by atoms with Crippen LogP contribution >= 0.6 is 11.6 Å². The average molecular weight is 413 g/mol. The lowest BCUT2D eigenvalue weighted by Crippen LogP contribution is -2.32. The zero-order valence-corrected chi connectivity index (χ0v) is 17.1. The predicted octanol–water partition coefficient (Wildman–Crippen LogP) is 3.89. The van der Waals surface area contributed by atoms with Gasteiger partial charge in [-0.3, -0.25) is 4.98 Å². The summed E-state index contributed by atoms with van der Waals surface area (Å²) in [6, 6.07) is 12.5. The van der Waals surface area contributed by atoms with Gasteiger partial charge < -0.3 is 14.8 Å². The third-order valence-corrected chi connectivity index (χ3v) is 5.02. The first-order chi connectivity index (χ1) is 13.9. The van der Waals surface area contributed by atoms with Crippen LogP contribution in [0.15, 0.2) is 71.2 Å². The number of carbonyl (C=O) groups is 2. The SMILES string of the molecule is COC(=O)C1=C(C)NC(C)=C(C(=O)OCc2ccccn2)C1c1ccccc1Cl. The first-order valence-electron chi connectivity index (χ1n) is 9.02. The summed E-state index contributed by atoms with van der Waals surface area (Å²) in [4.78, 5) is 29.8. The third kappa shape index (κ3) is 4.32. The molecule has 1 aliphatic heterocycles. The Bertz CT molecular complexity index is 999. The van der Waals surface area contributed by atoms with Crippen molar-refractivity contribution in [2.45, 2.75) is 26.4 Å². The Kier molecular flexibility index (Phi) is 6.34. The fraction of sp³-hybridized carbons (Fsp3) is 0.227. The van der Waals surface area contributed by atoms with Crippen LogP contribution in [0.2, 0.25) is 5.02 Å². The van der Waals surface area contributed by atoms with E-state index >= 15 is 0 Å². The second-order valence-corrected chi connectivity index (χ2v) is 6.95. The minimum Gasteiger partial charge on any atom is -0.466 e. The number of aromatic nitrogens is 1. The van der Waals surface area contributed by atoms with Gasteiger partial charge in [0.1, 0.15) is 6.61 Å². The van der Waals surface area contributed by atoms with Gasteiger partial charge in [-0.05, 0) is 37.6 Å². The smallest absolute Gasteiger partial charge is 0.337 e. The zero-order valence-electron chi connectivity index (χ0n) is 16.4. The minimum atomic E-state index is -0.714. The summed E-state index contributed by atoms with van der Waals surface area (Å²) in [5.41, 5.74) is 3.05. The van der Waals surface area contributed by atoms with Gasteiger partial charge in [0.25, 0.3) is 0 Å². The summed E-state index contributed by atoms with van der Waals surface area (Å²) in [5.74, 6) is -1.81. The number of benzene rings is 1. The van der Waals surface area contributed by atoms with E-state index in [0.29, 0.717) is 38.8 Å². The molecular weight excluding hydrogens is 392 g/mol. The molecule has 1 atom stereocenters. The van der Waals surface area contributed by atoms with E-state index in [4.69, 9.17) is 21.1 Å². The number of esters is 2. The maximum atomic E-state index is 13.1. The number of hydrogen-bond donors (Lipinski definition) is 1. The predicted molar refractivity (Wildman–Crippen MR) is 109 cm³/mol. The highest BCUT2D eigenvalue weighted by atomic mass is 35.5. The fourth-order valence-electron chi connectivity index (χ4n) is 3.37. The molecule has 0 saturated heterocycles. The van der Waals surface area contributed by atoms with Gasteiger partial charge in [0.15, 0.2) is 0 Å². The van der Waals surface area contributed by atoms with Crippen LogP contribution in [0.25, 0.3) is 0 Å². The van der Waals surface area contributed by atoms with Gasteiger partial charge in [0.2, 0.25) is 0 Å². The van der Waals surface area contributed by atoms with Gasteiger partial charge in [-0.15, -0.1) is 0 Å². The highest BCUT2D eigenvalue weighted by Crippen LogP contribution is 2.41. The molecule has 29 heavy (non-hydrogen) atoms. The minimum absolute atomic E-state index is 0.0158. The van der Waals surface area contributed by atoms with E-state index in [1.807, 2.05) is 6.07 Å². The molecule has 1 aromatic heterocycles. The monoisotopic (exact) mass is 412 g/mol. The Morgan fingerprint density at radius 1 is 1.03 bits per heavy atom. The van der Waals surface area contributed by atoms with Gasteiger partial charge in [-0.1, -0.05) is 35.9 Å². The first kappa shape index (κ1) is 20.6. The second-order valence-electron chi connectivity index (χ2n) is 6.55. The van der Waals surface area contributed by atoms with Crippen LogP contribution in [0, 0.1) is 0 Å². The third-order valence-electron chi connectivity index (χ3n) is 4.68. The number of allylic oxidation sites excluding steroid dienone is 2. The summed E-state index contributed by atoms with van der Waals surface area (Å²) < 4.78 is 10.5. The summed E-state index contributed by atoms with van der Waals surface area (Å²) in [6.07, 6.45) is 1.63. The number of halogens is 1. The van der Waals surface area contributed by atoms with Crippen molar-refractivity contribution in [2.24, 2.45) is 0 Å². The second kappa shape index (κ2) is 8.92. The zero-order chi connectivity index (χ0) is 21.0. The molecule has 0 radical (unpaired) electrons. The van der Waals surface area contributed by atoms with Gasteiger partial charge >= 0.3 is 11.9 Å². The lowest BCUT2D eigenvalue weighted by Gasteiger charge is -2.30. The normalized spacial score (nSPS) is 16.3. The highest BCUT2D eigenvalue weighted by Gasteiger charge is 2.38. The van der Waals surface area contributed by atoms with E-state index in [1.165, 1.54) is 7.11 Å². The molecule has 0 bridgehead atoms. The van der Waals surface area contributed by atoms with Crippen molar-refractivity contribution in [1.82, 2.24) is 10.3 Å². The molecule has 0 spiro atoms. The topological polar surface area (TPSA) is 77.5 Å². The van der Waals surface area contributed by atoms with Crippen LogP contribution in [-0.4, -0.2) is 24.0 Å². The molecule has 1 N–H and O–H groups in total. The highest BCUT2D eigenvalue weighted by molar-refractivity contribution is 6.31. The summed E-state index contributed by atoms with van der Waals surface area (Å²) in [6.45, 7) is 3.54. The number of pyridine rings is 1. The molecular formula is C22H21ClN2O4. The lowest BCUT2D eigenvalue weighted by atomic mass is 9.80. The molecule has 6 nitrogen and oxygen atoms in total. The molecule has 0 fully saturated rings. The van der Waals surface area contributed by atoms with Gasteiger partial charge in [0.05, 0.1) is 29.9 Å². The molecule has 3 rings (SSSR count). The number of nitrogens with zero attached hydrogens (tertiary/aromatic N) is 1. The van der Waals surface area contributed by atoms with Crippen LogP contribution in [0.4, 0.5) is 0 Å². The molecule has 1 aromatic carbocycles. The Labute approximate surface area is 174 Å². The number of hydrogen-bond acceptors (Lipinski definition) is 6. The quantitative estimate of drug-likeness (QED) is 0.751. The molecule has 1 aliphatic rings. The molecule has 7 heteroatoms. The van der Waals surface area contributed by atoms with E-state index in [1.54, 1.807) is 56.4 Å². The van der Waals surface area contributed by atoms with E-state index in [2.05, 4.69) is 10.3 Å². The van der Waals surface area contributed by atoms with E-state index in [9.17, 15) is 9.59 Å². The Hall–Kier alpha value is -3.12. The van der Waals surface area contributed by atoms with Crippen LogP contribution in [-0.2, 0) is 25.7 Å². The standard InChI is InChI=1S/C22H21ClN2O4/c1-13-18(21(26)28-3)20(16-9-4-5-10-17(16)23)19(14(2)25-13)22(27)29-12-15-8-6-7-11-24-15/h4-11,20,25H,12H2,1-3H3. The Morgan fingerprint density at radius 3 is 2.31 bits per heavy atom. The first-order valence-corrected chi connectivity index (χ1v) is 9.40. The molecule has 2 aromatic rings. The number of rotatable bonds is 5. The van der Waals surface area contributed by atoms with Crippen LogP contribution in [0.5, 0.6) is 0 Å². The van der Waals surface area contributed by atoms with E-state index < -0.39 is 17.9 Å². The average Bonchev–Trinajstić information content (AvgIpc) is 2.72. The number of carbonyl (C=O) groups excluding carboxylic acids is 2. The van der Waals surface area contributed by atoms with Crippen molar-refractivity contribution >= 4 is 23.5 Å². The summed E-state index contributed by atoms with van der Waals surface area (Å²) >= 11 is 6.43. The van der Waals surface area contributed by atoms with Crippen LogP contribution < -0.4 is 5.32 Å². The fourth-order valence-corrected chi connectivity index (χ4v) is 3.61. The van der Waals surface area contributed by atoms with Crippen molar-refractivity contribution in [3.05, 3.63) is 87.5 Å². The maximum Gasteiger partial charge on any atom is 0.337 e. The Morgan fingerprint density at radius 2 is 1.69 bits per heavy atom. The number of methoxy groups -OCH3 is 1. The summed E-state index contributed by atoms with van der Waals surface area (Å²) in [7, 11) is 1.30. The van der Waals surface area contributed by atoms with E-state index in [0.717, 1.165) is 0 Å². The number of dihydropyridines is 1. The number of ether oxygens (including phenoxy) is 2.